The summed E-state index contributed by atoms with van der Waals surface area (Å²) in [6.45, 7) is 2.62. The van der Waals surface area contributed by atoms with Crippen molar-refractivity contribution in [1.29, 1.82) is 0 Å². The smallest absolute Gasteiger partial charge is 0.133 e. The maximum Gasteiger partial charge on any atom is 0.133 e. The van der Waals surface area contributed by atoms with E-state index in [0.717, 1.165) is 23.6 Å². The van der Waals surface area contributed by atoms with Crippen molar-refractivity contribution in [3.8, 4) is 0 Å². The maximum atomic E-state index is 5.51. The summed E-state index contributed by atoms with van der Waals surface area (Å²) >= 11 is 0. The van der Waals surface area contributed by atoms with Gasteiger partial charge in [-0.1, -0.05) is 12.1 Å². The summed E-state index contributed by atoms with van der Waals surface area (Å²) < 4.78 is 0. The van der Waals surface area contributed by atoms with E-state index < -0.39 is 0 Å². The van der Waals surface area contributed by atoms with Crippen LogP contribution in [0.3, 0.4) is 0 Å². The van der Waals surface area contributed by atoms with Crippen molar-refractivity contribution in [2.45, 2.75) is 13.3 Å². The quantitative estimate of drug-likeness (QED) is 0.840. The summed E-state index contributed by atoms with van der Waals surface area (Å²) in [5, 5.41) is 3.23. The molecule has 2 aromatic rings. The molecule has 0 aliphatic carbocycles. The van der Waals surface area contributed by atoms with Gasteiger partial charge in [-0.15, -0.1) is 0 Å². The van der Waals surface area contributed by atoms with Crippen LogP contribution in [0.5, 0.6) is 0 Å². The summed E-state index contributed by atoms with van der Waals surface area (Å²) in [5.74, 6) is 0.809. The number of anilines is 2. The van der Waals surface area contributed by atoms with Crippen LogP contribution in [-0.2, 0) is 6.42 Å². The van der Waals surface area contributed by atoms with E-state index in [9.17, 15) is 0 Å². The summed E-state index contributed by atoms with van der Waals surface area (Å²) in [5.41, 5.74) is 8.72. The van der Waals surface area contributed by atoms with Gasteiger partial charge in [0.05, 0.1) is 0 Å². The number of rotatable bonds is 4. The lowest BCUT2D eigenvalue weighted by molar-refractivity contribution is 0.969. The highest BCUT2D eigenvalue weighted by atomic mass is 15.0. The average Bonchev–Trinajstić information content (AvgIpc) is 2.32. The maximum absolute atomic E-state index is 5.51. The molecule has 0 radical (unpaired) electrons. The van der Waals surface area contributed by atoms with Gasteiger partial charge < -0.3 is 11.1 Å². The van der Waals surface area contributed by atoms with Crippen molar-refractivity contribution in [3.05, 3.63) is 47.9 Å². The molecule has 0 bridgehead atoms. The first-order chi connectivity index (χ1) is 8.28. The normalized spacial score (nSPS) is 10.2. The largest absolute Gasteiger partial charge is 0.340 e. The molecule has 88 valence electrons. The Balaban J connectivity index is 2.08. The summed E-state index contributed by atoms with van der Waals surface area (Å²) in [6.07, 6.45) is 2.47. The molecule has 1 aromatic carbocycles. The predicted molar refractivity (Wildman–Crippen MR) is 69.3 cm³/mol. The van der Waals surface area contributed by atoms with Gasteiger partial charge in [-0.2, -0.15) is 0 Å². The summed E-state index contributed by atoms with van der Waals surface area (Å²) in [7, 11) is 0. The molecule has 0 fully saturated rings. The number of hydrogen-bond acceptors (Lipinski definition) is 4. The highest BCUT2D eigenvalue weighted by Crippen LogP contribution is 2.15. The van der Waals surface area contributed by atoms with Crippen LogP contribution in [0.2, 0.25) is 0 Å². The highest BCUT2D eigenvalue weighted by molar-refractivity contribution is 5.56. The number of hydrogen-bond donors (Lipinski definition) is 2. The number of benzene rings is 1. The van der Waals surface area contributed by atoms with Crippen LogP contribution in [0.15, 0.2) is 36.7 Å². The highest BCUT2D eigenvalue weighted by Gasteiger charge is 1.97. The molecular weight excluding hydrogens is 212 g/mol. The van der Waals surface area contributed by atoms with E-state index >= 15 is 0 Å². The van der Waals surface area contributed by atoms with Gasteiger partial charge in [0.1, 0.15) is 12.1 Å². The van der Waals surface area contributed by atoms with Crippen molar-refractivity contribution in [2.24, 2.45) is 5.73 Å². The molecule has 0 saturated heterocycles. The molecule has 0 spiro atoms. The van der Waals surface area contributed by atoms with Crippen molar-refractivity contribution >= 4 is 11.5 Å². The van der Waals surface area contributed by atoms with Gasteiger partial charge in [0.15, 0.2) is 0 Å². The van der Waals surface area contributed by atoms with Crippen molar-refractivity contribution in [3.63, 3.8) is 0 Å². The molecule has 0 atom stereocenters. The van der Waals surface area contributed by atoms with Crippen molar-refractivity contribution < 1.29 is 0 Å². The molecule has 0 aliphatic heterocycles. The van der Waals surface area contributed by atoms with Crippen molar-refractivity contribution in [2.75, 3.05) is 11.9 Å². The Bertz CT molecular complexity index is 479. The van der Waals surface area contributed by atoms with Crippen LogP contribution in [0, 0.1) is 6.92 Å². The molecule has 0 saturated carbocycles. The second kappa shape index (κ2) is 5.41. The van der Waals surface area contributed by atoms with Crippen LogP contribution >= 0.6 is 0 Å². The number of nitrogens with zero attached hydrogens (tertiary/aromatic N) is 2. The molecule has 2 rings (SSSR count). The Morgan fingerprint density at radius 1 is 1.18 bits per heavy atom. The number of nitrogens with one attached hydrogen (secondary N) is 1. The Labute approximate surface area is 101 Å². The third-order valence-electron chi connectivity index (χ3n) is 2.46. The second-order valence-corrected chi connectivity index (χ2v) is 3.91. The molecule has 0 aliphatic rings. The number of aromatic nitrogens is 2. The van der Waals surface area contributed by atoms with Gasteiger partial charge >= 0.3 is 0 Å². The lowest BCUT2D eigenvalue weighted by Crippen LogP contribution is -2.02. The summed E-state index contributed by atoms with van der Waals surface area (Å²) in [6, 6.07) is 10.1. The molecule has 17 heavy (non-hydrogen) atoms. The summed E-state index contributed by atoms with van der Waals surface area (Å²) in [4.78, 5) is 8.21. The fraction of sp³-hybridized carbons (Fsp3) is 0.231. The van der Waals surface area contributed by atoms with Crippen LogP contribution in [0.25, 0.3) is 0 Å². The van der Waals surface area contributed by atoms with E-state index in [2.05, 4.69) is 27.4 Å². The van der Waals surface area contributed by atoms with E-state index in [1.54, 1.807) is 6.33 Å². The van der Waals surface area contributed by atoms with Gasteiger partial charge in [0.2, 0.25) is 0 Å². The molecule has 1 aromatic heterocycles. The van der Waals surface area contributed by atoms with E-state index in [1.807, 2.05) is 25.1 Å². The molecule has 3 N–H and O–H groups in total. The molecular formula is C13H16N4. The lowest BCUT2D eigenvalue weighted by Gasteiger charge is -2.06. The molecule has 4 nitrogen and oxygen atoms in total. The predicted octanol–water partition coefficient (Wildman–Crippen LogP) is 2.03. The minimum Gasteiger partial charge on any atom is -0.340 e. The zero-order valence-electron chi connectivity index (χ0n) is 9.85. The van der Waals surface area contributed by atoms with E-state index in [0.29, 0.717) is 6.54 Å². The van der Waals surface area contributed by atoms with Crippen LogP contribution in [-0.4, -0.2) is 16.5 Å². The Hall–Kier alpha value is -1.94. The van der Waals surface area contributed by atoms with Crippen LogP contribution in [0.1, 0.15) is 11.3 Å². The molecule has 0 amide bonds. The first kappa shape index (κ1) is 11.5. The minimum atomic E-state index is 0.678. The fourth-order valence-electron chi connectivity index (χ4n) is 1.59. The zero-order chi connectivity index (χ0) is 12.1. The number of aryl methyl sites for hydroxylation is 1. The van der Waals surface area contributed by atoms with Gasteiger partial charge in [-0.3, -0.25) is 0 Å². The first-order valence-corrected chi connectivity index (χ1v) is 5.62. The van der Waals surface area contributed by atoms with Gasteiger partial charge in [0, 0.05) is 17.4 Å². The van der Waals surface area contributed by atoms with Crippen LogP contribution < -0.4 is 11.1 Å². The fourth-order valence-corrected chi connectivity index (χ4v) is 1.59. The van der Waals surface area contributed by atoms with Crippen LogP contribution in [0.4, 0.5) is 11.5 Å². The first-order valence-electron chi connectivity index (χ1n) is 5.62. The lowest BCUT2D eigenvalue weighted by atomic mass is 10.1. The van der Waals surface area contributed by atoms with Gasteiger partial charge in [-0.25, -0.2) is 9.97 Å². The van der Waals surface area contributed by atoms with Crippen molar-refractivity contribution in [1.82, 2.24) is 9.97 Å². The van der Waals surface area contributed by atoms with E-state index in [4.69, 9.17) is 5.73 Å². The minimum absolute atomic E-state index is 0.678. The topological polar surface area (TPSA) is 63.8 Å². The van der Waals surface area contributed by atoms with Gasteiger partial charge in [-0.05, 0) is 37.6 Å². The Morgan fingerprint density at radius 3 is 2.59 bits per heavy atom. The SMILES string of the molecule is Cc1cc(Nc2ccc(CCN)cc2)ncn1. The Kier molecular flexibility index (Phi) is 3.67. The molecule has 1 heterocycles. The third-order valence-corrected chi connectivity index (χ3v) is 2.46. The molecule has 0 unspecified atom stereocenters. The monoisotopic (exact) mass is 228 g/mol. The zero-order valence-corrected chi connectivity index (χ0v) is 9.85. The third kappa shape index (κ3) is 3.26. The van der Waals surface area contributed by atoms with Gasteiger partial charge in [0.25, 0.3) is 0 Å². The molecule has 4 heteroatoms. The standard InChI is InChI=1S/C13H16N4/c1-10-8-13(16-9-15-10)17-12-4-2-11(3-5-12)6-7-14/h2-5,8-9H,6-7,14H2,1H3,(H,15,16,17). The second-order valence-electron chi connectivity index (χ2n) is 3.91. The Morgan fingerprint density at radius 2 is 1.94 bits per heavy atom. The average molecular weight is 228 g/mol. The number of nitrogens with two attached hydrogens (primary N) is 1. The van der Waals surface area contributed by atoms with E-state index in [1.165, 1.54) is 5.56 Å². The van der Waals surface area contributed by atoms with E-state index in [-0.39, 0.29) is 0 Å².